The second kappa shape index (κ2) is 4.62. The number of hydrogen-bond acceptors (Lipinski definition) is 3. The summed E-state index contributed by atoms with van der Waals surface area (Å²) in [6.07, 6.45) is 0.521. The minimum atomic E-state index is -0.563. The number of ether oxygens (including phenoxy) is 1. The molecule has 3 heteroatoms. The molecule has 2 N–H and O–H groups in total. The fourth-order valence-corrected chi connectivity index (χ4v) is 1.10. The Labute approximate surface area is 79.0 Å². The van der Waals surface area contributed by atoms with Crippen LogP contribution in [0.1, 0.15) is 6.99 Å². The SMILES string of the molecule is COC(=O)[C@@H](N)Cc1ccccc1.[HH]. The third-order valence-electron chi connectivity index (χ3n) is 1.80. The van der Waals surface area contributed by atoms with Crippen LogP contribution in [0, 0.1) is 0 Å². The van der Waals surface area contributed by atoms with E-state index in [-0.39, 0.29) is 7.40 Å². The van der Waals surface area contributed by atoms with Crippen LogP contribution in [0.25, 0.3) is 0 Å². The summed E-state index contributed by atoms with van der Waals surface area (Å²) in [5.74, 6) is -0.371. The fraction of sp³-hybridized carbons (Fsp3) is 0.300. The van der Waals surface area contributed by atoms with Crippen LogP contribution >= 0.6 is 0 Å². The van der Waals surface area contributed by atoms with E-state index in [4.69, 9.17) is 5.73 Å². The Kier molecular flexibility index (Phi) is 3.46. The lowest BCUT2D eigenvalue weighted by molar-refractivity contribution is -0.142. The first-order valence-corrected chi connectivity index (χ1v) is 4.11. The molecule has 0 aliphatic carbocycles. The summed E-state index contributed by atoms with van der Waals surface area (Å²) in [5, 5.41) is 0. The van der Waals surface area contributed by atoms with E-state index in [0.717, 1.165) is 5.56 Å². The summed E-state index contributed by atoms with van der Waals surface area (Å²) >= 11 is 0. The lowest BCUT2D eigenvalue weighted by atomic mass is 10.1. The zero-order chi connectivity index (χ0) is 9.68. The van der Waals surface area contributed by atoms with Gasteiger partial charge in [0, 0.05) is 1.43 Å². The van der Waals surface area contributed by atoms with Crippen LogP contribution in [-0.2, 0) is 16.0 Å². The average Bonchev–Trinajstić information content (AvgIpc) is 2.18. The molecular weight excluding hydrogens is 166 g/mol. The molecule has 1 atom stereocenters. The van der Waals surface area contributed by atoms with Gasteiger partial charge in [0.05, 0.1) is 7.11 Å². The van der Waals surface area contributed by atoms with Crippen molar-refractivity contribution >= 4 is 5.97 Å². The molecule has 13 heavy (non-hydrogen) atoms. The van der Waals surface area contributed by atoms with Gasteiger partial charge in [-0.25, -0.2) is 0 Å². The van der Waals surface area contributed by atoms with E-state index in [1.807, 2.05) is 30.3 Å². The van der Waals surface area contributed by atoms with Gasteiger partial charge in [0.1, 0.15) is 6.04 Å². The minimum absolute atomic E-state index is 0. The van der Waals surface area contributed by atoms with Gasteiger partial charge in [-0.2, -0.15) is 0 Å². The molecular formula is C10H15NO2. The summed E-state index contributed by atoms with van der Waals surface area (Å²) in [4.78, 5) is 11.0. The quantitative estimate of drug-likeness (QED) is 0.707. The van der Waals surface area contributed by atoms with Gasteiger partial charge in [-0.1, -0.05) is 30.3 Å². The number of carbonyl (C=O) groups is 1. The first-order chi connectivity index (χ1) is 6.24. The van der Waals surface area contributed by atoms with E-state index in [0.29, 0.717) is 6.42 Å². The number of nitrogens with two attached hydrogens (primary N) is 1. The Balaban J connectivity index is 0.00000169. The van der Waals surface area contributed by atoms with Crippen molar-refractivity contribution < 1.29 is 11.0 Å². The Hall–Kier alpha value is -1.35. The molecule has 0 radical (unpaired) electrons. The van der Waals surface area contributed by atoms with E-state index < -0.39 is 6.04 Å². The average molecular weight is 181 g/mol. The summed E-state index contributed by atoms with van der Waals surface area (Å²) in [7, 11) is 1.34. The number of hydrogen-bond donors (Lipinski definition) is 1. The van der Waals surface area contributed by atoms with E-state index in [2.05, 4.69) is 4.74 Å². The van der Waals surface area contributed by atoms with Crippen molar-refractivity contribution in [3.05, 3.63) is 35.9 Å². The molecule has 3 nitrogen and oxygen atoms in total. The van der Waals surface area contributed by atoms with E-state index in [9.17, 15) is 4.79 Å². The van der Waals surface area contributed by atoms with Crippen molar-refractivity contribution in [1.29, 1.82) is 0 Å². The molecule has 1 aromatic rings. The molecule has 1 rings (SSSR count). The molecule has 0 aromatic heterocycles. The molecule has 0 unspecified atom stereocenters. The summed E-state index contributed by atoms with van der Waals surface area (Å²) in [6, 6.07) is 9.06. The fourth-order valence-electron chi connectivity index (χ4n) is 1.10. The molecule has 0 saturated carbocycles. The molecule has 0 aliphatic heterocycles. The second-order valence-corrected chi connectivity index (χ2v) is 2.82. The van der Waals surface area contributed by atoms with Gasteiger partial charge in [0.25, 0.3) is 0 Å². The number of esters is 1. The molecule has 0 bridgehead atoms. The maximum Gasteiger partial charge on any atom is 0.322 e. The standard InChI is InChI=1S/C10H13NO2.H2/c1-13-10(12)9(11)7-8-5-3-2-4-6-8;/h2-6,9H,7,11H2,1H3;1H/t9-;/m0./s1. The third kappa shape index (κ3) is 2.87. The summed E-state index contributed by atoms with van der Waals surface area (Å²) in [5.41, 5.74) is 6.63. The summed E-state index contributed by atoms with van der Waals surface area (Å²) in [6.45, 7) is 0. The van der Waals surface area contributed by atoms with Crippen molar-refractivity contribution in [2.45, 2.75) is 12.5 Å². The Bertz CT molecular complexity index is 277. The predicted molar refractivity (Wildman–Crippen MR) is 52.3 cm³/mol. The van der Waals surface area contributed by atoms with Crippen LogP contribution in [-0.4, -0.2) is 19.1 Å². The third-order valence-corrected chi connectivity index (χ3v) is 1.80. The molecule has 0 fully saturated rings. The van der Waals surface area contributed by atoms with Crippen LogP contribution in [0.4, 0.5) is 0 Å². The number of carbonyl (C=O) groups excluding carboxylic acids is 1. The molecule has 0 amide bonds. The number of benzene rings is 1. The smallest absolute Gasteiger partial charge is 0.322 e. The zero-order valence-electron chi connectivity index (χ0n) is 7.57. The maximum absolute atomic E-state index is 11.0. The van der Waals surface area contributed by atoms with Gasteiger partial charge < -0.3 is 10.5 Å². The number of methoxy groups -OCH3 is 1. The summed E-state index contributed by atoms with van der Waals surface area (Å²) < 4.78 is 4.52. The van der Waals surface area contributed by atoms with Crippen molar-refractivity contribution in [3.63, 3.8) is 0 Å². The van der Waals surface area contributed by atoms with Crippen LogP contribution < -0.4 is 5.73 Å². The molecule has 1 aromatic carbocycles. The topological polar surface area (TPSA) is 52.3 Å². The lowest BCUT2D eigenvalue weighted by Crippen LogP contribution is -2.33. The normalized spacial score (nSPS) is 12.2. The van der Waals surface area contributed by atoms with Crippen LogP contribution in [0.3, 0.4) is 0 Å². The number of rotatable bonds is 3. The first kappa shape index (κ1) is 9.74. The van der Waals surface area contributed by atoms with Crippen molar-refractivity contribution in [2.75, 3.05) is 7.11 Å². The maximum atomic E-state index is 11.0. The minimum Gasteiger partial charge on any atom is -0.468 e. The highest BCUT2D eigenvalue weighted by Crippen LogP contribution is 2.02. The molecule has 72 valence electrons. The van der Waals surface area contributed by atoms with Gasteiger partial charge in [0.2, 0.25) is 0 Å². The van der Waals surface area contributed by atoms with Crippen LogP contribution in [0.5, 0.6) is 0 Å². The first-order valence-electron chi connectivity index (χ1n) is 4.11. The lowest BCUT2D eigenvalue weighted by Gasteiger charge is -2.08. The molecule has 0 heterocycles. The molecule has 0 spiro atoms. The van der Waals surface area contributed by atoms with E-state index in [1.165, 1.54) is 7.11 Å². The van der Waals surface area contributed by atoms with Gasteiger partial charge >= 0.3 is 5.97 Å². The highest BCUT2D eigenvalue weighted by atomic mass is 16.5. The van der Waals surface area contributed by atoms with Gasteiger partial charge in [-0.3, -0.25) is 4.79 Å². The Morgan fingerprint density at radius 3 is 2.69 bits per heavy atom. The predicted octanol–water partition coefficient (Wildman–Crippen LogP) is 0.975. The van der Waals surface area contributed by atoms with Gasteiger partial charge in [-0.15, -0.1) is 0 Å². The molecule has 0 aliphatic rings. The van der Waals surface area contributed by atoms with Crippen molar-refractivity contribution in [3.8, 4) is 0 Å². The van der Waals surface area contributed by atoms with E-state index >= 15 is 0 Å². The largest absolute Gasteiger partial charge is 0.468 e. The van der Waals surface area contributed by atoms with Gasteiger partial charge in [-0.05, 0) is 12.0 Å². The molecule has 0 saturated heterocycles. The van der Waals surface area contributed by atoms with Crippen LogP contribution in [0.15, 0.2) is 30.3 Å². The monoisotopic (exact) mass is 181 g/mol. The zero-order valence-corrected chi connectivity index (χ0v) is 7.57. The van der Waals surface area contributed by atoms with E-state index in [1.54, 1.807) is 0 Å². The van der Waals surface area contributed by atoms with Crippen LogP contribution in [0.2, 0.25) is 0 Å². The van der Waals surface area contributed by atoms with Crippen molar-refractivity contribution in [1.82, 2.24) is 0 Å². The Morgan fingerprint density at radius 2 is 2.15 bits per heavy atom. The van der Waals surface area contributed by atoms with Gasteiger partial charge in [0.15, 0.2) is 0 Å². The highest BCUT2D eigenvalue weighted by molar-refractivity contribution is 5.75. The highest BCUT2D eigenvalue weighted by Gasteiger charge is 2.13. The van der Waals surface area contributed by atoms with Crippen molar-refractivity contribution in [2.24, 2.45) is 5.73 Å². The second-order valence-electron chi connectivity index (χ2n) is 2.82. The Morgan fingerprint density at radius 1 is 1.54 bits per heavy atom.